The summed E-state index contributed by atoms with van der Waals surface area (Å²) in [7, 11) is 4.00. The van der Waals surface area contributed by atoms with E-state index < -0.39 is 6.10 Å². The molecule has 0 aliphatic carbocycles. The Kier molecular flexibility index (Phi) is 5.29. The number of aliphatic hydroxyl groups excluding tert-OH is 1. The van der Waals surface area contributed by atoms with Crippen LogP contribution in [0.5, 0.6) is 5.75 Å². The van der Waals surface area contributed by atoms with Crippen LogP contribution in [-0.4, -0.2) is 37.3 Å². The van der Waals surface area contributed by atoms with Crippen molar-refractivity contribution in [3.63, 3.8) is 0 Å². The van der Waals surface area contributed by atoms with Crippen molar-refractivity contribution < 1.29 is 9.84 Å². The second-order valence-electron chi connectivity index (χ2n) is 4.08. The van der Waals surface area contributed by atoms with E-state index in [0.717, 1.165) is 24.3 Å². The van der Waals surface area contributed by atoms with E-state index in [4.69, 9.17) is 4.74 Å². The summed E-state index contributed by atoms with van der Waals surface area (Å²) in [6.45, 7) is 3.43. The van der Waals surface area contributed by atoms with Gasteiger partial charge in [-0.15, -0.1) is 0 Å². The van der Waals surface area contributed by atoms with Gasteiger partial charge in [-0.1, -0.05) is 18.2 Å². The second-order valence-corrected chi connectivity index (χ2v) is 4.08. The zero-order valence-corrected chi connectivity index (χ0v) is 10.3. The van der Waals surface area contributed by atoms with E-state index in [-0.39, 0.29) is 0 Å². The monoisotopic (exact) mass is 223 g/mol. The number of hydrogen-bond donors (Lipinski definition) is 1. The van der Waals surface area contributed by atoms with Crippen molar-refractivity contribution in [2.45, 2.75) is 19.4 Å². The maximum atomic E-state index is 10.1. The molecule has 0 spiro atoms. The number of benzene rings is 1. The van der Waals surface area contributed by atoms with E-state index >= 15 is 0 Å². The first-order valence-corrected chi connectivity index (χ1v) is 5.69. The zero-order valence-electron chi connectivity index (χ0n) is 10.3. The molecule has 16 heavy (non-hydrogen) atoms. The van der Waals surface area contributed by atoms with Crippen LogP contribution in [-0.2, 0) is 0 Å². The Hall–Kier alpha value is -1.06. The van der Waals surface area contributed by atoms with Gasteiger partial charge in [-0.2, -0.15) is 0 Å². The van der Waals surface area contributed by atoms with Gasteiger partial charge in [-0.25, -0.2) is 0 Å². The number of aliphatic hydroxyl groups is 1. The van der Waals surface area contributed by atoms with Gasteiger partial charge in [0.25, 0.3) is 0 Å². The highest BCUT2D eigenvalue weighted by molar-refractivity contribution is 5.35. The SMILES string of the molecule is CCOc1ccccc1C(O)CCN(C)C. The molecule has 0 saturated heterocycles. The molecule has 1 rings (SSSR count). The number of ether oxygens (including phenoxy) is 1. The minimum Gasteiger partial charge on any atom is -0.493 e. The summed E-state index contributed by atoms with van der Waals surface area (Å²) in [5.74, 6) is 0.788. The third kappa shape index (κ3) is 3.83. The number of rotatable bonds is 6. The molecule has 1 atom stereocenters. The number of para-hydroxylation sites is 1. The van der Waals surface area contributed by atoms with Crippen molar-refractivity contribution >= 4 is 0 Å². The normalized spacial score (nSPS) is 12.8. The van der Waals surface area contributed by atoms with Gasteiger partial charge >= 0.3 is 0 Å². The second kappa shape index (κ2) is 6.51. The molecule has 0 aliphatic rings. The standard InChI is InChI=1S/C13H21NO2/c1-4-16-13-8-6-5-7-11(13)12(15)9-10-14(2)3/h5-8,12,15H,4,9-10H2,1-3H3. The Balaban J connectivity index is 2.69. The molecule has 1 N–H and O–H groups in total. The van der Waals surface area contributed by atoms with Crippen molar-refractivity contribution in [2.75, 3.05) is 27.2 Å². The van der Waals surface area contributed by atoms with E-state index in [0.29, 0.717) is 6.61 Å². The lowest BCUT2D eigenvalue weighted by Gasteiger charge is -2.17. The van der Waals surface area contributed by atoms with Gasteiger partial charge < -0.3 is 14.7 Å². The molecular weight excluding hydrogens is 202 g/mol. The van der Waals surface area contributed by atoms with Crippen molar-refractivity contribution in [1.82, 2.24) is 4.90 Å². The lowest BCUT2D eigenvalue weighted by Crippen LogP contribution is -2.16. The first kappa shape index (κ1) is 13.0. The van der Waals surface area contributed by atoms with Gasteiger partial charge in [-0.3, -0.25) is 0 Å². The Morgan fingerprint density at radius 3 is 2.62 bits per heavy atom. The molecule has 0 saturated carbocycles. The van der Waals surface area contributed by atoms with Gasteiger partial charge in [0, 0.05) is 12.1 Å². The van der Waals surface area contributed by atoms with E-state index in [1.54, 1.807) is 0 Å². The maximum absolute atomic E-state index is 10.1. The van der Waals surface area contributed by atoms with Crippen LogP contribution in [0.4, 0.5) is 0 Å². The molecule has 1 aromatic rings. The summed E-state index contributed by atoms with van der Waals surface area (Å²) >= 11 is 0. The van der Waals surface area contributed by atoms with Crippen molar-refractivity contribution in [2.24, 2.45) is 0 Å². The van der Waals surface area contributed by atoms with Crippen LogP contribution < -0.4 is 4.74 Å². The van der Waals surface area contributed by atoms with Crippen LogP contribution in [0.25, 0.3) is 0 Å². The summed E-state index contributed by atoms with van der Waals surface area (Å²) < 4.78 is 5.49. The smallest absolute Gasteiger partial charge is 0.125 e. The predicted octanol–water partition coefficient (Wildman–Crippen LogP) is 2.07. The van der Waals surface area contributed by atoms with Gasteiger partial charge in [0.15, 0.2) is 0 Å². The lowest BCUT2D eigenvalue weighted by molar-refractivity contribution is 0.149. The molecule has 0 fully saturated rings. The molecule has 3 heteroatoms. The van der Waals surface area contributed by atoms with Crippen molar-refractivity contribution in [3.8, 4) is 5.75 Å². The third-order valence-electron chi connectivity index (χ3n) is 2.43. The van der Waals surface area contributed by atoms with E-state index in [2.05, 4.69) is 4.90 Å². The van der Waals surface area contributed by atoms with Gasteiger partial charge in [0.1, 0.15) is 5.75 Å². The average molecular weight is 223 g/mol. The third-order valence-corrected chi connectivity index (χ3v) is 2.43. The summed E-state index contributed by atoms with van der Waals surface area (Å²) in [6, 6.07) is 7.67. The Bertz CT molecular complexity index is 313. The Labute approximate surface area is 97.7 Å². The fourth-order valence-corrected chi connectivity index (χ4v) is 1.58. The quantitative estimate of drug-likeness (QED) is 0.801. The molecule has 0 bridgehead atoms. The average Bonchev–Trinajstić information content (AvgIpc) is 2.27. The topological polar surface area (TPSA) is 32.7 Å². The van der Waals surface area contributed by atoms with Crippen LogP contribution in [0.3, 0.4) is 0 Å². The molecule has 90 valence electrons. The van der Waals surface area contributed by atoms with Crippen LogP contribution >= 0.6 is 0 Å². The fourth-order valence-electron chi connectivity index (χ4n) is 1.58. The highest BCUT2D eigenvalue weighted by Crippen LogP contribution is 2.26. The van der Waals surface area contributed by atoms with Gasteiger partial charge in [-0.05, 0) is 33.5 Å². The van der Waals surface area contributed by atoms with Crippen LogP contribution in [0.2, 0.25) is 0 Å². The molecular formula is C13H21NO2. The van der Waals surface area contributed by atoms with Gasteiger partial charge in [0.05, 0.1) is 12.7 Å². The zero-order chi connectivity index (χ0) is 12.0. The summed E-state index contributed by atoms with van der Waals surface area (Å²) in [5.41, 5.74) is 0.881. The van der Waals surface area contributed by atoms with Crippen LogP contribution in [0.1, 0.15) is 25.0 Å². The number of hydrogen-bond acceptors (Lipinski definition) is 3. The molecule has 1 aromatic carbocycles. The summed E-state index contributed by atoms with van der Waals surface area (Å²) in [6.07, 6.45) is 0.266. The van der Waals surface area contributed by atoms with Crippen LogP contribution in [0, 0.1) is 0 Å². The highest BCUT2D eigenvalue weighted by Gasteiger charge is 2.12. The summed E-state index contributed by atoms with van der Waals surface area (Å²) in [5, 5.41) is 10.1. The van der Waals surface area contributed by atoms with Crippen LogP contribution in [0.15, 0.2) is 24.3 Å². The minimum atomic E-state index is -0.454. The molecule has 0 amide bonds. The largest absolute Gasteiger partial charge is 0.493 e. The van der Waals surface area contributed by atoms with E-state index in [1.165, 1.54) is 0 Å². The number of nitrogens with zero attached hydrogens (tertiary/aromatic N) is 1. The summed E-state index contributed by atoms with van der Waals surface area (Å²) in [4.78, 5) is 2.06. The van der Waals surface area contributed by atoms with E-state index in [1.807, 2.05) is 45.3 Å². The maximum Gasteiger partial charge on any atom is 0.125 e. The first-order chi connectivity index (χ1) is 7.65. The van der Waals surface area contributed by atoms with E-state index in [9.17, 15) is 5.11 Å². The molecule has 3 nitrogen and oxygen atoms in total. The highest BCUT2D eigenvalue weighted by atomic mass is 16.5. The van der Waals surface area contributed by atoms with Crippen molar-refractivity contribution in [3.05, 3.63) is 29.8 Å². The van der Waals surface area contributed by atoms with Crippen molar-refractivity contribution in [1.29, 1.82) is 0 Å². The predicted molar refractivity (Wildman–Crippen MR) is 65.7 cm³/mol. The molecule has 1 unspecified atom stereocenters. The Morgan fingerprint density at radius 1 is 1.31 bits per heavy atom. The van der Waals surface area contributed by atoms with Gasteiger partial charge in [0.2, 0.25) is 0 Å². The molecule has 0 aromatic heterocycles. The molecule has 0 heterocycles. The molecule has 0 radical (unpaired) electrons. The first-order valence-electron chi connectivity index (χ1n) is 5.69. The molecule has 0 aliphatic heterocycles. The Morgan fingerprint density at radius 2 is 2.00 bits per heavy atom. The fraction of sp³-hybridized carbons (Fsp3) is 0.538. The minimum absolute atomic E-state index is 0.454. The lowest BCUT2D eigenvalue weighted by atomic mass is 10.1.